The summed E-state index contributed by atoms with van der Waals surface area (Å²) in [5, 5.41) is 0. The minimum atomic E-state index is -2.54. The fraction of sp³-hybridized carbons (Fsp3) is 0.667. The fourth-order valence-corrected chi connectivity index (χ4v) is 2.36. The Morgan fingerprint density at radius 1 is 1.64 bits per heavy atom. The maximum absolute atomic E-state index is 12.7. The number of hydrogen-bond donors (Lipinski definition) is 1. The van der Waals surface area contributed by atoms with Gasteiger partial charge in [0, 0.05) is 5.92 Å². The Hall–Kier alpha value is -0.550. The number of thiazole rings is 1. The van der Waals surface area contributed by atoms with Gasteiger partial charge in [0.1, 0.15) is 5.54 Å². The van der Waals surface area contributed by atoms with Gasteiger partial charge in [0.05, 0.1) is 16.1 Å². The van der Waals surface area contributed by atoms with Crippen molar-refractivity contribution < 1.29 is 8.78 Å². The molecule has 1 aromatic rings. The van der Waals surface area contributed by atoms with Crippen LogP contribution >= 0.6 is 11.3 Å². The molecular formula is C9H12F2N2S. The zero-order chi connectivity index (χ0) is 10.3. The van der Waals surface area contributed by atoms with Crippen LogP contribution in [0.2, 0.25) is 0 Å². The third kappa shape index (κ3) is 1.54. The van der Waals surface area contributed by atoms with Crippen LogP contribution < -0.4 is 5.73 Å². The van der Waals surface area contributed by atoms with E-state index in [2.05, 4.69) is 4.98 Å². The van der Waals surface area contributed by atoms with Gasteiger partial charge in [0.15, 0.2) is 0 Å². The van der Waals surface area contributed by atoms with Gasteiger partial charge in [-0.3, -0.25) is 0 Å². The van der Waals surface area contributed by atoms with Gasteiger partial charge in [0.2, 0.25) is 0 Å². The second-order valence-corrected chi connectivity index (χ2v) is 4.78. The monoisotopic (exact) mass is 218 g/mol. The van der Waals surface area contributed by atoms with Crippen molar-refractivity contribution in [2.24, 2.45) is 5.73 Å². The molecular weight excluding hydrogens is 206 g/mol. The number of halogens is 2. The smallest absolute Gasteiger partial charge is 0.260 e. The molecule has 1 atom stereocenters. The summed E-state index contributed by atoms with van der Waals surface area (Å²) in [6, 6.07) is 0. The summed E-state index contributed by atoms with van der Waals surface area (Å²) in [6.07, 6.45) is -0.438. The van der Waals surface area contributed by atoms with Gasteiger partial charge in [-0.25, -0.2) is 13.8 Å². The number of alkyl halides is 2. The van der Waals surface area contributed by atoms with Gasteiger partial charge in [-0.05, 0) is 19.8 Å². The predicted molar refractivity (Wildman–Crippen MR) is 51.6 cm³/mol. The second-order valence-electron chi connectivity index (χ2n) is 3.92. The van der Waals surface area contributed by atoms with Crippen molar-refractivity contribution in [3.05, 3.63) is 16.1 Å². The van der Waals surface area contributed by atoms with E-state index in [9.17, 15) is 8.78 Å². The van der Waals surface area contributed by atoms with Crippen LogP contribution in [0.3, 0.4) is 0 Å². The van der Waals surface area contributed by atoms with E-state index in [1.54, 1.807) is 5.51 Å². The molecule has 1 fully saturated rings. The first-order valence-corrected chi connectivity index (χ1v) is 5.42. The van der Waals surface area contributed by atoms with Crippen LogP contribution in [0.5, 0.6) is 0 Å². The van der Waals surface area contributed by atoms with Gasteiger partial charge >= 0.3 is 0 Å². The lowest BCUT2D eigenvalue weighted by molar-refractivity contribution is 0.0638. The van der Waals surface area contributed by atoms with Gasteiger partial charge in [0.25, 0.3) is 6.43 Å². The Bertz CT molecular complexity index is 331. The zero-order valence-electron chi connectivity index (χ0n) is 7.84. The number of aromatic nitrogens is 1. The van der Waals surface area contributed by atoms with Crippen LogP contribution in [-0.2, 0) is 5.54 Å². The molecule has 2 rings (SSSR count). The second kappa shape index (κ2) is 3.24. The molecule has 1 saturated carbocycles. The lowest BCUT2D eigenvalue weighted by atomic mass is 9.99. The molecule has 0 amide bonds. The minimum Gasteiger partial charge on any atom is -0.316 e. The van der Waals surface area contributed by atoms with Gasteiger partial charge in [-0.2, -0.15) is 0 Å². The van der Waals surface area contributed by atoms with Crippen LogP contribution in [-0.4, -0.2) is 11.4 Å². The average Bonchev–Trinajstić information content (AvgIpc) is 2.83. The normalized spacial score (nSPS) is 21.2. The lowest BCUT2D eigenvalue weighted by Crippen LogP contribution is -2.40. The van der Waals surface area contributed by atoms with E-state index in [4.69, 9.17) is 5.73 Å². The largest absolute Gasteiger partial charge is 0.316 e. The van der Waals surface area contributed by atoms with Crippen molar-refractivity contribution >= 4 is 11.3 Å². The average molecular weight is 218 g/mol. The molecule has 78 valence electrons. The minimum absolute atomic E-state index is 0.373. The number of rotatable bonds is 3. The molecule has 0 aromatic carbocycles. The quantitative estimate of drug-likeness (QED) is 0.846. The Morgan fingerprint density at radius 2 is 2.29 bits per heavy atom. The summed E-state index contributed by atoms with van der Waals surface area (Å²) in [7, 11) is 0. The van der Waals surface area contributed by atoms with Gasteiger partial charge in [-0.15, -0.1) is 11.3 Å². The number of nitrogens with two attached hydrogens (primary N) is 1. The summed E-state index contributed by atoms with van der Waals surface area (Å²) in [6.45, 7) is 1.37. The highest BCUT2D eigenvalue weighted by molar-refractivity contribution is 7.09. The highest BCUT2D eigenvalue weighted by Crippen LogP contribution is 2.45. The van der Waals surface area contributed by atoms with Crippen molar-refractivity contribution in [1.29, 1.82) is 0 Å². The van der Waals surface area contributed by atoms with Crippen LogP contribution in [0.1, 0.15) is 36.3 Å². The summed E-state index contributed by atoms with van der Waals surface area (Å²) < 4.78 is 25.4. The van der Waals surface area contributed by atoms with Crippen LogP contribution in [0.4, 0.5) is 8.78 Å². The van der Waals surface area contributed by atoms with Crippen LogP contribution in [0.15, 0.2) is 5.51 Å². The van der Waals surface area contributed by atoms with E-state index in [0.717, 1.165) is 18.5 Å². The Labute approximate surface area is 85.1 Å². The predicted octanol–water partition coefficient (Wildman–Crippen LogP) is 2.46. The maximum atomic E-state index is 12.7. The van der Waals surface area contributed by atoms with E-state index in [1.807, 2.05) is 0 Å². The van der Waals surface area contributed by atoms with E-state index >= 15 is 0 Å². The molecule has 14 heavy (non-hydrogen) atoms. The molecule has 0 saturated heterocycles. The van der Waals surface area contributed by atoms with Gasteiger partial charge in [-0.1, -0.05) is 0 Å². The number of nitrogens with zero attached hydrogens (tertiary/aromatic N) is 1. The van der Waals surface area contributed by atoms with Crippen molar-refractivity contribution in [1.82, 2.24) is 4.98 Å². The first kappa shape index (κ1) is 9.98. The molecule has 1 unspecified atom stereocenters. The van der Waals surface area contributed by atoms with E-state index in [-0.39, 0.29) is 0 Å². The van der Waals surface area contributed by atoms with Crippen LogP contribution in [0, 0.1) is 0 Å². The zero-order valence-corrected chi connectivity index (χ0v) is 8.65. The molecule has 0 spiro atoms. The molecule has 1 aliphatic carbocycles. The summed E-state index contributed by atoms with van der Waals surface area (Å²) >= 11 is 1.24. The highest BCUT2D eigenvalue weighted by atomic mass is 32.1. The summed E-state index contributed by atoms with van der Waals surface area (Å²) in [4.78, 5) is 4.68. The third-order valence-corrected chi connectivity index (χ3v) is 3.60. The molecule has 5 heteroatoms. The standard InChI is InChI=1S/C9H12F2N2S/c1-9(12,8(10)11)7-6(5-2-3-5)13-4-14-7/h4-5,8H,2-3,12H2,1H3. The van der Waals surface area contributed by atoms with E-state index in [0.29, 0.717) is 10.8 Å². The number of hydrogen-bond acceptors (Lipinski definition) is 3. The van der Waals surface area contributed by atoms with Crippen molar-refractivity contribution in [2.75, 3.05) is 0 Å². The molecule has 1 heterocycles. The molecule has 2 nitrogen and oxygen atoms in total. The molecule has 0 bridgehead atoms. The van der Waals surface area contributed by atoms with Crippen molar-refractivity contribution in [3.8, 4) is 0 Å². The molecule has 0 aliphatic heterocycles. The highest BCUT2D eigenvalue weighted by Gasteiger charge is 2.40. The lowest BCUT2D eigenvalue weighted by Gasteiger charge is -2.23. The molecule has 1 aliphatic rings. The fourth-order valence-electron chi connectivity index (χ4n) is 1.40. The van der Waals surface area contributed by atoms with Crippen molar-refractivity contribution in [3.63, 3.8) is 0 Å². The van der Waals surface area contributed by atoms with E-state index in [1.165, 1.54) is 18.3 Å². The van der Waals surface area contributed by atoms with Gasteiger partial charge < -0.3 is 5.73 Å². The summed E-state index contributed by atoms with van der Waals surface area (Å²) in [5.41, 5.74) is 6.47. The first-order valence-electron chi connectivity index (χ1n) is 4.54. The Balaban J connectivity index is 2.34. The van der Waals surface area contributed by atoms with Crippen LogP contribution in [0.25, 0.3) is 0 Å². The maximum Gasteiger partial charge on any atom is 0.260 e. The topological polar surface area (TPSA) is 38.9 Å². The summed E-state index contributed by atoms with van der Waals surface area (Å²) in [5.74, 6) is 0.373. The molecule has 2 N–H and O–H groups in total. The SMILES string of the molecule is CC(N)(c1scnc1C1CC1)C(F)F. The molecule has 1 aromatic heterocycles. The Morgan fingerprint density at radius 3 is 2.79 bits per heavy atom. The third-order valence-electron chi connectivity index (χ3n) is 2.50. The van der Waals surface area contributed by atoms with Crippen molar-refractivity contribution in [2.45, 2.75) is 37.6 Å². The Kier molecular flexibility index (Phi) is 2.31. The van der Waals surface area contributed by atoms with E-state index < -0.39 is 12.0 Å². The first-order chi connectivity index (χ1) is 6.53. The molecule has 0 radical (unpaired) electrons.